The number of anilines is 1. The maximum absolute atomic E-state index is 12.3. The molecule has 1 aliphatic carbocycles. The van der Waals surface area contributed by atoms with Gasteiger partial charge in [-0.15, -0.1) is 0 Å². The lowest BCUT2D eigenvalue weighted by Crippen LogP contribution is -2.28. The normalized spacial score (nSPS) is 25.4. The molecule has 0 bridgehead atoms. The van der Waals surface area contributed by atoms with Gasteiger partial charge in [0.2, 0.25) is 0 Å². The molecular formula is C17H23NO2. The van der Waals surface area contributed by atoms with E-state index in [9.17, 15) is 4.79 Å². The summed E-state index contributed by atoms with van der Waals surface area (Å²) in [5, 5.41) is 3.37. The second-order valence-corrected chi connectivity index (χ2v) is 6.11. The van der Waals surface area contributed by atoms with E-state index >= 15 is 0 Å². The summed E-state index contributed by atoms with van der Waals surface area (Å²) in [6.07, 6.45) is 6.90. The van der Waals surface area contributed by atoms with Crippen molar-refractivity contribution >= 4 is 11.7 Å². The van der Waals surface area contributed by atoms with E-state index in [1.54, 1.807) is 0 Å². The molecule has 20 heavy (non-hydrogen) atoms. The molecule has 1 aromatic carbocycles. The Morgan fingerprint density at radius 1 is 1.25 bits per heavy atom. The number of carbonyl (C=O) groups is 1. The number of benzene rings is 1. The molecule has 3 rings (SSSR count). The van der Waals surface area contributed by atoms with Crippen LogP contribution in [0.5, 0.6) is 0 Å². The van der Waals surface area contributed by atoms with Crippen molar-refractivity contribution in [2.75, 3.05) is 11.9 Å². The lowest BCUT2D eigenvalue weighted by Gasteiger charge is -2.28. The van der Waals surface area contributed by atoms with Gasteiger partial charge in [-0.1, -0.05) is 13.3 Å². The minimum absolute atomic E-state index is 0.102. The van der Waals surface area contributed by atoms with Crippen LogP contribution >= 0.6 is 0 Å². The Bertz CT molecular complexity index is 498. The second-order valence-electron chi connectivity index (χ2n) is 6.11. The monoisotopic (exact) mass is 273 g/mol. The van der Waals surface area contributed by atoms with E-state index in [-0.39, 0.29) is 12.1 Å². The first-order valence-electron chi connectivity index (χ1n) is 7.82. The Kier molecular flexibility index (Phi) is 3.95. The van der Waals surface area contributed by atoms with Crippen LogP contribution in [0.4, 0.5) is 5.69 Å². The van der Waals surface area contributed by atoms with Gasteiger partial charge in [0.15, 0.2) is 0 Å². The fourth-order valence-corrected chi connectivity index (χ4v) is 3.26. The molecule has 1 aromatic rings. The summed E-state index contributed by atoms with van der Waals surface area (Å²) in [5.74, 6) is 0.337. The number of rotatable bonds is 2. The number of aryl methyl sites for hydroxylation is 1. The van der Waals surface area contributed by atoms with Crippen LogP contribution in [0.2, 0.25) is 0 Å². The molecule has 0 amide bonds. The summed E-state index contributed by atoms with van der Waals surface area (Å²) in [5.41, 5.74) is 3.10. The van der Waals surface area contributed by atoms with Crippen molar-refractivity contribution in [2.24, 2.45) is 5.92 Å². The Morgan fingerprint density at radius 3 is 2.95 bits per heavy atom. The third-order valence-electron chi connectivity index (χ3n) is 4.57. The van der Waals surface area contributed by atoms with Crippen molar-refractivity contribution in [1.29, 1.82) is 0 Å². The number of nitrogens with one attached hydrogen (secondary N) is 1. The topological polar surface area (TPSA) is 38.3 Å². The molecule has 0 radical (unpaired) electrons. The van der Waals surface area contributed by atoms with Crippen LogP contribution in [-0.4, -0.2) is 18.6 Å². The molecule has 1 fully saturated rings. The first-order valence-corrected chi connectivity index (χ1v) is 7.82. The summed E-state index contributed by atoms with van der Waals surface area (Å²) in [6, 6.07) is 5.89. The van der Waals surface area contributed by atoms with E-state index in [0.717, 1.165) is 25.8 Å². The van der Waals surface area contributed by atoms with Crippen molar-refractivity contribution in [3.63, 3.8) is 0 Å². The van der Waals surface area contributed by atoms with Crippen molar-refractivity contribution in [3.05, 3.63) is 29.3 Å². The van der Waals surface area contributed by atoms with Crippen LogP contribution < -0.4 is 5.32 Å². The first-order chi connectivity index (χ1) is 9.74. The third kappa shape index (κ3) is 2.82. The minimum atomic E-state index is -0.155. The van der Waals surface area contributed by atoms with Gasteiger partial charge >= 0.3 is 5.97 Å². The van der Waals surface area contributed by atoms with Crippen molar-refractivity contribution < 1.29 is 9.53 Å². The number of ether oxygens (including phenoxy) is 1. The predicted octanol–water partition coefficient (Wildman–Crippen LogP) is 3.78. The molecule has 108 valence electrons. The fraction of sp³-hybridized carbons (Fsp3) is 0.588. The Hall–Kier alpha value is -1.51. The number of esters is 1. The molecule has 2 atom stereocenters. The zero-order valence-electron chi connectivity index (χ0n) is 12.2. The SMILES string of the molecule is CC1CCCCC1OC(=O)c1ccc2c(c1)CCCN2. The fourth-order valence-electron chi connectivity index (χ4n) is 3.26. The molecule has 3 heteroatoms. The van der Waals surface area contributed by atoms with Gasteiger partial charge in [-0.05, 0) is 61.8 Å². The highest BCUT2D eigenvalue weighted by molar-refractivity contribution is 5.90. The summed E-state index contributed by atoms with van der Waals surface area (Å²) >= 11 is 0. The van der Waals surface area contributed by atoms with Gasteiger partial charge in [-0.2, -0.15) is 0 Å². The van der Waals surface area contributed by atoms with E-state index in [1.807, 2.05) is 18.2 Å². The maximum atomic E-state index is 12.3. The highest BCUT2D eigenvalue weighted by Gasteiger charge is 2.25. The Labute approximate surface area is 120 Å². The van der Waals surface area contributed by atoms with Gasteiger partial charge in [-0.3, -0.25) is 0 Å². The molecule has 1 saturated carbocycles. The summed E-state index contributed by atoms with van der Waals surface area (Å²) in [6.45, 7) is 3.21. The molecule has 1 N–H and O–H groups in total. The van der Waals surface area contributed by atoms with Gasteiger partial charge in [0, 0.05) is 12.2 Å². The largest absolute Gasteiger partial charge is 0.459 e. The summed E-state index contributed by atoms with van der Waals surface area (Å²) in [4.78, 5) is 12.3. The van der Waals surface area contributed by atoms with E-state index in [2.05, 4.69) is 12.2 Å². The van der Waals surface area contributed by atoms with Crippen molar-refractivity contribution in [3.8, 4) is 0 Å². The van der Waals surface area contributed by atoms with E-state index in [4.69, 9.17) is 4.74 Å². The molecular weight excluding hydrogens is 250 g/mol. The van der Waals surface area contributed by atoms with Gasteiger partial charge in [0.25, 0.3) is 0 Å². The number of hydrogen-bond acceptors (Lipinski definition) is 3. The second kappa shape index (κ2) is 5.86. The molecule has 0 spiro atoms. The molecule has 0 saturated heterocycles. The van der Waals surface area contributed by atoms with Gasteiger partial charge in [0.05, 0.1) is 5.56 Å². The predicted molar refractivity (Wildman–Crippen MR) is 80.1 cm³/mol. The Morgan fingerprint density at radius 2 is 2.10 bits per heavy atom. The highest BCUT2D eigenvalue weighted by atomic mass is 16.5. The molecule has 0 aromatic heterocycles. The Balaban J connectivity index is 1.70. The number of fused-ring (bicyclic) bond motifs is 1. The molecule has 2 aliphatic rings. The molecule has 1 heterocycles. The zero-order chi connectivity index (χ0) is 13.9. The average molecular weight is 273 g/mol. The van der Waals surface area contributed by atoms with E-state index in [1.165, 1.54) is 30.5 Å². The maximum Gasteiger partial charge on any atom is 0.338 e. The van der Waals surface area contributed by atoms with E-state index < -0.39 is 0 Å². The third-order valence-corrected chi connectivity index (χ3v) is 4.57. The number of hydrogen-bond donors (Lipinski definition) is 1. The summed E-state index contributed by atoms with van der Waals surface area (Å²) < 4.78 is 5.72. The number of carbonyl (C=O) groups excluding carboxylic acids is 1. The van der Waals surface area contributed by atoms with Crippen LogP contribution in [0.25, 0.3) is 0 Å². The molecule has 2 unspecified atom stereocenters. The van der Waals surface area contributed by atoms with Gasteiger partial charge < -0.3 is 10.1 Å². The quantitative estimate of drug-likeness (QED) is 0.833. The lowest BCUT2D eigenvalue weighted by atomic mass is 9.88. The average Bonchev–Trinajstić information content (AvgIpc) is 2.49. The van der Waals surface area contributed by atoms with Crippen molar-refractivity contribution in [1.82, 2.24) is 0 Å². The standard InChI is InChI=1S/C17H23NO2/c1-12-5-2-3-7-16(12)20-17(19)14-8-9-15-13(11-14)6-4-10-18-15/h8-9,11-12,16,18H,2-7,10H2,1H3. The van der Waals surface area contributed by atoms with E-state index in [0.29, 0.717) is 11.5 Å². The lowest BCUT2D eigenvalue weighted by molar-refractivity contribution is 0.00481. The van der Waals surface area contributed by atoms with Crippen LogP contribution in [-0.2, 0) is 11.2 Å². The van der Waals surface area contributed by atoms with Gasteiger partial charge in [0.1, 0.15) is 6.10 Å². The van der Waals surface area contributed by atoms with Crippen LogP contribution in [0.3, 0.4) is 0 Å². The van der Waals surface area contributed by atoms with Crippen LogP contribution in [0, 0.1) is 5.92 Å². The van der Waals surface area contributed by atoms with Crippen LogP contribution in [0.15, 0.2) is 18.2 Å². The smallest absolute Gasteiger partial charge is 0.338 e. The van der Waals surface area contributed by atoms with Crippen molar-refractivity contribution in [2.45, 2.75) is 51.6 Å². The highest BCUT2D eigenvalue weighted by Crippen LogP contribution is 2.28. The zero-order valence-corrected chi connectivity index (χ0v) is 12.2. The van der Waals surface area contributed by atoms with Crippen LogP contribution in [0.1, 0.15) is 54.9 Å². The minimum Gasteiger partial charge on any atom is -0.459 e. The van der Waals surface area contributed by atoms with Gasteiger partial charge in [-0.25, -0.2) is 4.79 Å². The molecule has 1 aliphatic heterocycles. The first kappa shape index (κ1) is 13.5. The summed E-state index contributed by atoms with van der Waals surface area (Å²) in [7, 11) is 0. The molecule has 3 nitrogen and oxygen atoms in total.